The smallest absolute Gasteiger partial charge is 0.0909 e. The lowest BCUT2D eigenvalue weighted by Crippen LogP contribution is -2.16. The van der Waals surface area contributed by atoms with Gasteiger partial charge >= 0.3 is 0 Å². The molecule has 0 N–H and O–H groups in total. The van der Waals surface area contributed by atoms with Gasteiger partial charge in [-0.2, -0.15) is 0 Å². The monoisotopic (exact) mass is 278 g/mol. The maximum Gasteiger partial charge on any atom is 0.168 e. The summed E-state index contributed by atoms with van der Waals surface area (Å²) < 4.78 is -0.997. The van der Waals surface area contributed by atoms with Crippen LogP contribution in [0.15, 0.2) is 42.5 Å². The van der Waals surface area contributed by atoms with Crippen LogP contribution in [0.3, 0.4) is 0 Å². The Kier molecular flexibility index (Phi) is 3.70. The fraction of sp³-hybridized carbons (Fsp3) is 0.250. The van der Waals surface area contributed by atoms with Crippen LogP contribution in [0.2, 0.25) is 0 Å². The van der Waals surface area contributed by atoms with Gasteiger partial charge in [-0.05, 0) is 43.0 Å². The molecule has 0 spiro atoms. The van der Waals surface area contributed by atoms with Gasteiger partial charge in [0.15, 0.2) is 4.33 Å². The van der Waals surface area contributed by atoms with Gasteiger partial charge in [0, 0.05) is 0 Å². The highest BCUT2D eigenvalue weighted by Crippen LogP contribution is 2.43. The molecular weight excluding hydrogens is 263 g/mol. The van der Waals surface area contributed by atoms with E-state index in [1.807, 2.05) is 30.3 Å². The van der Waals surface area contributed by atoms with Gasteiger partial charge in [-0.3, -0.25) is 0 Å². The summed E-state index contributed by atoms with van der Waals surface area (Å²) >= 11 is 13.2. The van der Waals surface area contributed by atoms with E-state index in [-0.39, 0.29) is 0 Å². The second kappa shape index (κ2) is 4.95. The van der Waals surface area contributed by atoms with E-state index in [0.717, 1.165) is 22.3 Å². The summed E-state index contributed by atoms with van der Waals surface area (Å²) in [5.41, 5.74) is 5.37. The van der Waals surface area contributed by atoms with Crippen LogP contribution >= 0.6 is 23.2 Å². The van der Waals surface area contributed by atoms with Crippen LogP contribution in [0.1, 0.15) is 27.8 Å². The van der Waals surface area contributed by atoms with Gasteiger partial charge in [0.1, 0.15) is 0 Å². The van der Waals surface area contributed by atoms with E-state index in [0.29, 0.717) is 0 Å². The largest absolute Gasteiger partial charge is 0.168 e. The predicted octanol–water partition coefficient (Wildman–Crippen LogP) is 5.29. The Labute approximate surface area is 119 Å². The Morgan fingerprint density at radius 1 is 0.833 bits per heavy atom. The zero-order chi connectivity index (χ0) is 13.3. The van der Waals surface area contributed by atoms with Crippen LogP contribution in [0, 0.1) is 20.8 Å². The maximum atomic E-state index is 6.62. The van der Waals surface area contributed by atoms with Crippen molar-refractivity contribution >= 4 is 23.2 Å². The SMILES string of the molecule is Cc1cc(C)c(C(Cl)(Cl)c2ccccc2)c(C)c1. The van der Waals surface area contributed by atoms with Gasteiger partial charge in [0.05, 0.1) is 0 Å². The zero-order valence-electron chi connectivity index (χ0n) is 10.8. The molecule has 2 aromatic rings. The van der Waals surface area contributed by atoms with Gasteiger partial charge in [-0.15, -0.1) is 0 Å². The van der Waals surface area contributed by atoms with Crippen molar-refractivity contribution in [3.63, 3.8) is 0 Å². The summed E-state index contributed by atoms with van der Waals surface area (Å²) in [6, 6.07) is 14.0. The minimum Gasteiger partial charge on any atom is -0.0909 e. The van der Waals surface area contributed by atoms with E-state index in [1.165, 1.54) is 5.56 Å². The Balaban J connectivity index is 2.61. The summed E-state index contributed by atoms with van der Waals surface area (Å²) in [7, 11) is 0. The number of alkyl halides is 2. The number of halogens is 2. The molecule has 94 valence electrons. The molecule has 0 atom stereocenters. The Bertz CT molecular complexity index is 534. The molecule has 0 aliphatic rings. The van der Waals surface area contributed by atoms with Crippen LogP contribution in [0.5, 0.6) is 0 Å². The first-order valence-corrected chi connectivity index (χ1v) is 6.70. The number of hydrogen-bond acceptors (Lipinski definition) is 0. The molecule has 0 saturated heterocycles. The van der Waals surface area contributed by atoms with Crippen molar-refractivity contribution in [3.8, 4) is 0 Å². The van der Waals surface area contributed by atoms with Gasteiger partial charge in [-0.1, -0.05) is 71.2 Å². The Hall–Kier alpha value is -0.980. The predicted molar refractivity (Wildman–Crippen MR) is 79.6 cm³/mol. The first kappa shape index (κ1) is 13.5. The molecule has 2 rings (SSSR count). The van der Waals surface area contributed by atoms with E-state index in [9.17, 15) is 0 Å². The molecule has 0 aliphatic carbocycles. The number of hydrogen-bond donors (Lipinski definition) is 0. The fourth-order valence-corrected chi connectivity index (χ4v) is 3.32. The third kappa shape index (κ3) is 2.41. The number of benzene rings is 2. The zero-order valence-corrected chi connectivity index (χ0v) is 12.3. The molecule has 0 fully saturated rings. The van der Waals surface area contributed by atoms with Crippen LogP contribution in [0.4, 0.5) is 0 Å². The van der Waals surface area contributed by atoms with Crippen molar-refractivity contribution in [2.24, 2.45) is 0 Å². The fourth-order valence-electron chi connectivity index (χ4n) is 2.47. The normalized spacial score (nSPS) is 11.6. The second-order valence-corrected chi connectivity index (χ2v) is 6.04. The maximum absolute atomic E-state index is 6.62. The molecular formula is C16H16Cl2. The van der Waals surface area contributed by atoms with Gasteiger partial charge < -0.3 is 0 Å². The Morgan fingerprint density at radius 3 is 1.83 bits per heavy atom. The molecule has 0 radical (unpaired) electrons. The van der Waals surface area contributed by atoms with Gasteiger partial charge in [-0.25, -0.2) is 0 Å². The number of aryl methyl sites for hydroxylation is 3. The molecule has 0 heterocycles. The molecule has 2 heteroatoms. The quantitative estimate of drug-likeness (QED) is 0.655. The van der Waals surface area contributed by atoms with Crippen molar-refractivity contribution in [1.29, 1.82) is 0 Å². The summed E-state index contributed by atoms with van der Waals surface area (Å²) in [5.74, 6) is 0. The van der Waals surface area contributed by atoms with Crippen molar-refractivity contribution in [3.05, 3.63) is 70.3 Å². The van der Waals surface area contributed by atoms with Gasteiger partial charge in [0.25, 0.3) is 0 Å². The van der Waals surface area contributed by atoms with E-state index in [1.54, 1.807) is 0 Å². The number of rotatable bonds is 2. The third-order valence-corrected chi connectivity index (χ3v) is 3.94. The average molecular weight is 279 g/mol. The van der Waals surface area contributed by atoms with Crippen LogP contribution in [-0.4, -0.2) is 0 Å². The topological polar surface area (TPSA) is 0 Å². The van der Waals surface area contributed by atoms with Crippen molar-refractivity contribution in [1.82, 2.24) is 0 Å². The van der Waals surface area contributed by atoms with Crippen molar-refractivity contribution in [2.75, 3.05) is 0 Å². The summed E-state index contributed by atoms with van der Waals surface area (Å²) in [6.07, 6.45) is 0. The molecule has 0 bridgehead atoms. The lowest BCUT2D eigenvalue weighted by molar-refractivity contribution is 0.993. The highest BCUT2D eigenvalue weighted by atomic mass is 35.5. The highest BCUT2D eigenvalue weighted by Gasteiger charge is 2.31. The van der Waals surface area contributed by atoms with E-state index < -0.39 is 4.33 Å². The molecule has 2 aromatic carbocycles. The summed E-state index contributed by atoms with van der Waals surface area (Å²) in [5, 5.41) is 0. The standard InChI is InChI=1S/C16H16Cl2/c1-11-9-12(2)15(13(3)10-11)16(17,18)14-7-5-4-6-8-14/h4-10H,1-3H3. The van der Waals surface area contributed by atoms with E-state index >= 15 is 0 Å². The lowest BCUT2D eigenvalue weighted by Gasteiger charge is -2.25. The molecule has 0 unspecified atom stereocenters. The van der Waals surface area contributed by atoms with Crippen molar-refractivity contribution < 1.29 is 0 Å². The summed E-state index contributed by atoms with van der Waals surface area (Å²) in [6.45, 7) is 6.19. The van der Waals surface area contributed by atoms with Gasteiger partial charge in [0.2, 0.25) is 0 Å². The lowest BCUT2D eigenvalue weighted by atomic mass is 9.93. The van der Waals surface area contributed by atoms with E-state index in [4.69, 9.17) is 23.2 Å². The minimum absolute atomic E-state index is 0.906. The molecule has 0 amide bonds. The summed E-state index contributed by atoms with van der Waals surface area (Å²) in [4.78, 5) is 0. The Morgan fingerprint density at radius 2 is 1.33 bits per heavy atom. The molecule has 0 saturated carbocycles. The minimum atomic E-state index is -0.997. The molecule has 0 aromatic heterocycles. The average Bonchev–Trinajstić information content (AvgIpc) is 2.28. The third-order valence-electron chi connectivity index (χ3n) is 3.13. The molecule has 0 nitrogen and oxygen atoms in total. The second-order valence-electron chi connectivity index (χ2n) is 4.71. The van der Waals surface area contributed by atoms with Crippen molar-refractivity contribution in [2.45, 2.75) is 25.1 Å². The van der Waals surface area contributed by atoms with Crippen LogP contribution in [0.25, 0.3) is 0 Å². The molecule has 18 heavy (non-hydrogen) atoms. The highest BCUT2D eigenvalue weighted by molar-refractivity contribution is 6.50. The van der Waals surface area contributed by atoms with Crippen LogP contribution < -0.4 is 0 Å². The first-order chi connectivity index (χ1) is 8.43. The van der Waals surface area contributed by atoms with Crippen LogP contribution in [-0.2, 0) is 4.33 Å². The first-order valence-electron chi connectivity index (χ1n) is 5.94. The van der Waals surface area contributed by atoms with E-state index in [2.05, 4.69) is 32.9 Å². The molecule has 0 aliphatic heterocycles.